The highest BCUT2D eigenvalue weighted by Gasteiger charge is 2.29. The Hall–Kier alpha value is -2.36. The molecule has 0 aliphatic carbocycles. The number of hydrogen-bond acceptors (Lipinski definition) is 4. The van der Waals surface area contributed by atoms with Crippen LogP contribution in [0, 0.1) is 11.6 Å². The molecule has 0 radical (unpaired) electrons. The van der Waals surface area contributed by atoms with E-state index in [4.69, 9.17) is 0 Å². The average Bonchev–Trinajstić information content (AvgIpc) is 3.06. The molecular formula is C20H13BrF2N2O2S2. The molecule has 0 saturated carbocycles. The van der Waals surface area contributed by atoms with Crippen LogP contribution in [0.2, 0.25) is 0 Å². The fourth-order valence-corrected chi connectivity index (χ4v) is 6.64. The molecule has 0 atom stereocenters. The van der Waals surface area contributed by atoms with Gasteiger partial charge in [0.05, 0.1) is 11.0 Å². The summed E-state index contributed by atoms with van der Waals surface area (Å²) in [7, 11) is -4.01. The van der Waals surface area contributed by atoms with Gasteiger partial charge >= 0.3 is 0 Å². The Morgan fingerprint density at radius 1 is 1.03 bits per heavy atom. The van der Waals surface area contributed by atoms with E-state index in [0.717, 1.165) is 22.2 Å². The molecule has 148 valence electrons. The molecule has 4 aromatic rings. The van der Waals surface area contributed by atoms with Gasteiger partial charge in [0.1, 0.15) is 9.90 Å². The highest BCUT2D eigenvalue weighted by molar-refractivity contribution is 9.10. The van der Waals surface area contributed by atoms with E-state index in [-0.39, 0.29) is 11.4 Å². The van der Waals surface area contributed by atoms with Gasteiger partial charge in [0.25, 0.3) is 10.0 Å². The van der Waals surface area contributed by atoms with Crippen molar-refractivity contribution in [2.24, 2.45) is 0 Å². The zero-order chi connectivity index (χ0) is 20.6. The summed E-state index contributed by atoms with van der Waals surface area (Å²) in [5.41, 5.74) is 0.320. The highest BCUT2D eigenvalue weighted by Crippen LogP contribution is 2.44. The number of benzene rings is 2. The third kappa shape index (κ3) is 3.77. The highest BCUT2D eigenvalue weighted by atomic mass is 79.9. The first-order chi connectivity index (χ1) is 13.9. The standard InChI is InChI=1S/C20H13BrF2N2O2S2/c21-19-15-5-1-2-6-18(15)28-20(19)25(12-13-7-8-16(22)17(23)10-13)29(26,27)14-4-3-9-24-11-14/h1-11H,12H2. The van der Waals surface area contributed by atoms with Gasteiger partial charge in [0, 0.05) is 22.5 Å². The summed E-state index contributed by atoms with van der Waals surface area (Å²) < 4.78 is 56.6. The maximum Gasteiger partial charge on any atom is 0.266 e. The molecule has 0 saturated heterocycles. The van der Waals surface area contributed by atoms with E-state index in [1.165, 1.54) is 46.2 Å². The van der Waals surface area contributed by atoms with Crippen molar-refractivity contribution in [3.8, 4) is 0 Å². The van der Waals surface area contributed by atoms with Crippen LogP contribution in [-0.4, -0.2) is 13.4 Å². The monoisotopic (exact) mass is 494 g/mol. The molecule has 2 heterocycles. The number of aromatic nitrogens is 1. The van der Waals surface area contributed by atoms with Crippen LogP contribution in [0.5, 0.6) is 0 Å². The van der Waals surface area contributed by atoms with Crippen LogP contribution in [-0.2, 0) is 16.6 Å². The molecule has 4 nitrogen and oxygen atoms in total. The van der Waals surface area contributed by atoms with E-state index < -0.39 is 21.7 Å². The number of thiophene rings is 1. The summed E-state index contributed by atoms with van der Waals surface area (Å²) in [5.74, 6) is -2.02. The van der Waals surface area contributed by atoms with Gasteiger partial charge in [-0.25, -0.2) is 17.2 Å². The molecule has 0 aliphatic rings. The van der Waals surface area contributed by atoms with Crippen molar-refractivity contribution in [2.45, 2.75) is 11.4 Å². The molecule has 0 unspecified atom stereocenters. The van der Waals surface area contributed by atoms with Gasteiger partial charge in [-0.05, 0) is 51.8 Å². The van der Waals surface area contributed by atoms with Crippen molar-refractivity contribution in [3.05, 3.63) is 88.7 Å². The maximum atomic E-state index is 13.7. The van der Waals surface area contributed by atoms with Crippen molar-refractivity contribution in [3.63, 3.8) is 0 Å². The first-order valence-corrected chi connectivity index (χ1v) is 11.5. The van der Waals surface area contributed by atoms with Crippen molar-refractivity contribution in [2.75, 3.05) is 4.31 Å². The Morgan fingerprint density at radius 3 is 2.52 bits per heavy atom. The predicted molar refractivity (Wildman–Crippen MR) is 113 cm³/mol. The number of halogens is 3. The lowest BCUT2D eigenvalue weighted by molar-refractivity contribution is 0.507. The smallest absolute Gasteiger partial charge is 0.263 e. The number of hydrogen-bond donors (Lipinski definition) is 0. The number of pyridine rings is 1. The summed E-state index contributed by atoms with van der Waals surface area (Å²) in [6.45, 7) is -0.167. The van der Waals surface area contributed by atoms with Gasteiger partial charge in [-0.2, -0.15) is 0 Å². The molecule has 4 rings (SSSR count). The van der Waals surface area contributed by atoms with Crippen LogP contribution in [0.15, 0.2) is 76.4 Å². The summed E-state index contributed by atoms with van der Waals surface area (Å²) in [6, 6.07) is 13.8. The molecule has 0 aliphatic heterocycles. The van der Waals surface area contributed by atoms with Crippen LogP contribution >= 0.6 is 27.3 Å². The molecule has 0 bridgehead atoms. The molecule has 2 aromatic carbocycles. The minimum absolute atomic E-state index is 0.00643. The maximum absolute atomic E-state index is 13.7. The van der Waals surface area contributed by atoms with Gasteiger partial charge < -0.3 is 0 Å². The van der Waals surface area contributed by atoms with E-state index >= 15 is 0 Å². The quantitative estimate of drug-likeness (QED) is 0.355. The molecule has 0 amide bonds. The Labute approximate surface area is 178 Å². The lowest BCUT2D eigenvalue weighted by Gasteiger charge is -2.23. The summed E-state index contributed by atoms with van der Waals surface area (Å²) in [6.07, 6.45) is 2.74. The third-order valence-corrected chi connectivity index (χ3v) is 8.38. The molecule has 9 heteroatoms. The van der Waals surface area contributed by atoms with Crippen LogP contribution in [0.3, 0.4) is 0 Å². The number of anilines is 1. The predicted octanol–water partition coefficient (Wildman–Crippen LogP) is 5.73. The van der Waals surface area contributed by atoms with Crippen LogP contribution in [0.4, 0.5) is 13.8 Å². The van der Waals surface area contributed by atoms with Crippen molar-refractivity contribution >= 4 is 52.4 Å². The van der Waals surface area contributed by atoms with E-state index in [1.54, 1.807) is 0 Å². The van der Waals surface area contributed by atoms with Gasteiger partial charge in [0.2, 0.25) is 0 Å². The average molecular weight is 495 g/mol. The van der Waals surface area contributed by atoms with E-state index in [0.29, 0.717) is 15.0 Å². The van der Waals surface area contributed by atoms with Crippen LogP contribution in [0.1, 0.15) is 5.56 Å². The first kappa shape index (κ1) is 19.9. The Morgan fingerprint density at radius 2 is 1.83 bits per heavy atom. The lowest BCUT2D eigenvalue weighted by atomic mass is 10.2. The summed E-state index contributed by atoms with van der Waals surface area (Å²) in [5, 5.41) is 1.31. The lowest BCUT2D eigenvalue weighted by Crippen LogP contribution is -2.30. The fraction of sp³-hybridized carbons (Fsp3) is 0.0500. The Bertz CT molecular complexity index is 1290. The van der Waals surface area contributed by atoms with Crippen LogP contribution < -0.4 is 4.31 Å². The Kier molecular flexibility index (Phi) is 5.37. The fourth-order valence-electron chi connectivity index (χ4n) is 2.86. The van der Waals surface area contributed by atoms with E-state index in [1.807, 2.05) is 24.3 Å². The second kappa shape index (κ2) is 7.81. The first-order valence-electron chi connectivity index (χ1n) is 8.41. The van der Waals surface area contributed by atoms with E-state index in [9.17, 15) is 17.2 Å². The molecule has 0 spiro atoms. The second-order valence-electron chi connectivity index (χ2n) is 6.17. The number of sulfonamides is 1. The van der Waals surface area contributed by atoms with Gasteiger partial charge in [0.15, 0.2) is 11.6 Å². The second-order valence-corrected chi connectivity index (χ2v) is 9.85. The van der Waals surface area contributed by atoms with Gasteiger partial charge in [-0.15, -0.1) is 11.3 Å². The number of fused-ring (bicyclic) bond motifs is 1. The summed E-state index contributed by atoms with van der Waals surface area (Å²) >= 11 is 4.80. The van der Waals surface area contributed by atoms with Crippen molar-refractivity contribution in [1.82, 2.24) is 4.98 Å². The zero-order valence-electron chi connectivity index (χ0n) is 14.7. The van der Waals surface area contributed by atoms with Crippen LogP contribution in [0.25, 0.3) is 10.1 Å². The molecule has 0 N–H and O–H groups in total. The molecule has 2 aromatic heterocycles. The Balaban J connectivity index is 1.88. The molecular weight excluding hydrogens is 482 g/mol. The topological polar surface area (TPSA) is 50.3 Å². The SMILES string of the molecule is O=S(=O)(c1cccnc1)N(Cc1ccc(F)c(F)c1)c1sc2ccccc2c1Br. The third-order valence-electron chi connectivity index (χ3n) is 4.28. The van der Waals surface area contributed by atoms with Crippen molar-refractivity contribution < 1.29 is 17.2 Å². The van der Waals surface area contributed by atoms with E-state index in [2.05, 4.69) is 20.9 Å². The van der Waals surface area contributed by atoms with Crippen molar-refractivity contribution in [1.29, 1.82) is 0 Å². The molecule has 0 fully saturated rings. The van der Waals surface area contributed by atoms with Gasteiger partial charge in [-0.1, -0.05) is 24.3 Å². The minimum Gasteiger partial charge on any atom is -0.263 e. The zero-order valence-corrected chi connectivity index (χ0v) is 17.9. The number of rotatable bonds is 5. The normalized spacial score (nSPS) is 11.7. The summed E-state index contributed by atoms with van der Waals surface area (Å²) in [4.78, 5) is 3.91. The minimum atomic E-state index is -4.01. The molecule has 29 heavy (non-hydrogen) atoms. The largest absolute Gasteiger partial charge is 0.266 e. The number of nitrogens with zero attached hydrogens (tertiary/aromatic N) is 2. The van der Waals surface area contributed by atoms with Gasteiger partial charge in [-0.3, -0.25) is 9.29 Å².